The Labute approximate surface area is 175 Å². The van der Waals surface area contributed by atoms with E-state index in [4.69, 9.17) is 0 Å². The summed E-state index contributed by atoms with van der Waals surface area (Å²) in [6, 6.07) is 6.80. The highest BCUT2D eigenvalue weighted by atomic mass is 16.2. The molecule has 7 heteroatoms. The van der Waals surface area contributed by atoms with Gasteiger partial charge >= 0.3 is 6.03 Å². The molecule has 0 radical (unpaired) electrons. The first-order valence-corrected chi connectivity index (χ1v) is 11.0. The van der Waals surface area contributed by atoms with Crippen LogP contribution in [0.25, 0.3) is 10.9 Å². The fourth-order valence-electron chi connectivity index (χ4n) is 5.84. The Morgan fingerprint density at radius 1 is 1.23 bits per heavy atom. The Hall–Kier alpha value is -2.83. The van der Waals surface area contributed by atoms with Gasteiger partial charge in [-0.2, -0.15) is 0 Å². The van der Waals surface area contributed by atoms with E-state index in [1.165, 1.54) is 25.7 Å². The molecule has 4 amide bonds. The molecule has 2 heterocycles. The van der Waals surface area contributed by atoms with E-state index < -0.39 is 12.1 Å². The Kier molecular flexibility index (Phi) is 4.76. The number of fused-ring (bicyclic) bond motifs is 3. The van der Waals surface area contributed by atoms with Gasteiger partial charge in [-0.05, 0) is 55.6 Å². The van der Waals surface area contributed by atoms with E-state index in [-0.39, 0.29) is 24.4 Å². The summed E-state index contributed by atoms with van der Waals surface area (Å²) < 4.78 is 0. The van der Waals surface area contributed by atoms with Crippen LogP contribution in [0, 0.1) is 17.8 Å². The van der Waals surface area contributed by atoms with Crippen molar-refractivity contribution in [2.24, 2.45) is 17.8 Å². The zero-order valence-corrected chi connectivity index (χ0v) is 17.2. The number of nitrogens with zero attached hydrogens (tertiary/aromatic N) is 1. The van der Waals surface area contributed by atoms with Gasteiger partial charge in [0.05, 0.1) is 0 Å². The maximum Gasteiger partial charge on any atom is 0.325 e. The van der Waals surface area contributed by atoms with Crippen LogP contribution in [0.2, 0.25) is 0 Å². The summed E-state index contributed by atoms with van der Waals surface area (Å²) in [6.07, 6.45) is 7.32. The standard InChI is InChI=1S/C23H28N4O3/c1-13(18-9-14-6-7-15(18)8-14)25-21(28)12-27-22(29)20(26-23(27)30)10-16-11-24-19-5-3-2-4-17(16)19/h2-5,11,13-15,18,20,24H,6-10,12H2,1H3,(H,25,28)(H,26,30)/t13-,14-,15-,18+,20-/m0/s1. The van der Waals surface area contributed by atoms with E-state index in [0.717, 1.165) is 27.3 Å². The zero-order chi connectivity index (χ0) is 20.8. The second-order valence-corrected chi connectivity index (χ2v) is 9.18. The van der Waals surface area contributed by atoms with E-state index in [1.54, 1.807) is 0 Å². The van der Waals surface area contributed by atoms with E-state index >= 15 is 0 Å². The molecule has 5 atom stereocenters. The van der Waals surface area contributed by atoms with Crippen molar-refractivity contribution < 1.29 is 14.4 Å². The molecule has 30 heavy (non-hydrogen) atoms. The Balaban J connectivity index is 1.19. The average Bonchev–Trinajstić information content (AvgIpc) is 3.50. The van der Waals surface area contributed by atoms with Crippen LogP contribution in [0.1, 0.15) is 38.2 Å². The minimum absolute atomic E-state index is 0.0792. The number of benzene rings is 1. The molecule has 5 rings (SSSR count). The zero-order valence-electron chi connectivity index (χ0n) is 17.2. The van der Waals surface area contributed by atoms with Crippen molar-refractivity contribution in [1.29, 1.82) is 0 Å². The number of imide groups is 1. The molecule has 3 aliphatic rings. The molecule has 7 nitrogen and oxygen atoms in total. The lowest BCUT2D eigenvalue weighted by Crippen LogP contribution is -2.46. The maximum absolute atomic E-state index is 12.8. The van der Waals surface area contributed by atoms with Crippen molar-refractivity contribution >= 4 is 28.7 Å². The Morgan fingerprint density at radius 2 is 2.07 bits per heavy atom. The van der Waals surface area contributed by atoms with Gasteiger partial charge in [0.15, 0.2) is 0 Å². The predicted molar refractivity (Wildman–Crippen MR) is 113 cm³/mol. The van der Waals surface area contributed by atoms with Crippen LogP contribution in [0.15, 0.2) is 30.5 Å². The topological polar surface area (TPSA) is 94.3 Å². The average molecular weight is 409 g/mol. The second kappa shape index (κ2) is 7.45. The summed E-state index contributed by atoms with van der Waals surface area (Å²) in [5.74, 6) is 1.44. The summed E-state index contributed by atoms with van der Waals surface area (Å²) >= 11 is 0. The van der Waals surface area contributed by atoms with Crippen molar-refractivity contribution in [2.45, 2.75) is 51.1 Å². The lowest BCUT2D eigenvalue weighted by molar-refractivity contribution is -0.132. The number of aromatic amines is 1. The van der Waals surface area contributed by atoms with Gasteiger partial charge in [0.2, 0.25) is 5.91 Å². The van der Waals surface area contributed by atoms with Gasteiger partial charge in [0, 0.05) is 29.6 Å². The monoisotopic (exact) mass is 408 g/mol. The maximum atomic E-state index is 12.8. The molecule has 3 N–H and O–H groups in total. The van der Waals surface area contributed by atoms with E-state index in [1.807, 2.05) is 30.5 Å². The number of carbonyl (C=O) groups excluding carboxylic acids is 3. The van der Waals surface area contributed by atoms with Crippen LogP contribution in [-0.4, -0.2) is 46.4 Å². The molecule has 158 valence electrons. The van der Waals surface area contributed by atoms with Gasteiger partial charge in [0.25, 0.3) is 5.91 Å². The summed E-state index contributed by atoms with van der Waals surface area (Å²) in [5, 5.41) is 6.81. The van der Waals surface area contributed by atoms with Crippen molar-refractivity contribution in [2.75, 3.05) is 6.54 Å². The fourth-order valence-corrected chi connectivity index (χ4v) is 5.84. The molecule has 1 aromatic carbocycles. The van der Waals surface area contributed by atoms with Crippen LogP contribution in [-0.2, 0) is 16.0 Å². The molecule has 3 fully saturated rings. The lowest BCUT2D eigenvalue weighted by atomic mass is 9.84. The number of rotatable bonds is 6. The summed E-state index contributed by atoms with van der Waals surface area (Å²) in [6.45, 7) is 1.83. The normalized spacial score (nSPS) is 28.9. The number of para-hydroxylation sites is 1. The molecule has 2 aromatic rings. The largest absolute Gasteiger partial charge is 0.361 e. The van der Waals surface area contributed by atoms with Gasteiger partial charge in [-0.25, -0.2) is 4.79 Å². The molecule has 1 saturated heterocycles. The Morgan fingerprint density at radius 3 is 2.83 bits per heavy atom. The minimum atomic E-state index is -0.646. The number of amides is 4. The molecule has 1 aromatic heterocycles. The number of carbonyl (C=O) groups is 3. The molecular formula is C23H28N4O3. The lowest BCUT2D eigenvalue weighted by Gasteiger charge is -2.29. The molecule has 1 aliphatic heterocycles. The van der Waals surface area contributed by atoms with Gasteiger partial charge in [0.1, 0.15) is 12.6 Å². The molecule has 2 saturated carbocycles. The number of urea groups is 1. The molecule has 0 spiro atoms. The van der Waals surface area contributed by atoms with Gasteiger partial charge in [-0.15, -0.1) is 0 Å². The highest BCUT2D eigenvalue weighted by Crippen LogP contribution is 2.49. The van der Waals surface area contributed by atoms with Crippen LogP contribution < -0.4 is 10.6 Å². The highest BCUT2D eigenvalue weighted by molar-refractivity contribution is 6.06. The smallest absolute Gasteiger partial charge is 0.325 e. The van der Waals surface area contributed by atoms with Gasteiger partial charge in [-0.1, -0.05) is 24.6 Å². The highest BCUT2D eigenvalue weighted by Gasteiger charge is 2.43. The number of hydrogen-bond acceptors (Lipinski definition) is 3. The first-order valence-electron chi connectivity index (χ1n) is 11.0. The number of aromatic nitrogens is 1. The van der Waals surface area contributed by atoms with Crippen molar-refractivity contribution in [3.63, 3.8) is 0 Å². The Bertz CT molecular complexity index is 999. The molecule has 2 bridgehead atoms. The summed E-state index contributed by atoms with van der Waals surface area (Å²) in [5.41, 5.74) is 1.97. The van der Waals surface area contributed by atoms with Gasteiger partial charge in [-0.3, -0.25) is 14.5 Å². The molecule has 2 aliphatic carbocycles. The van der Waals surface area contributed by atoms with E-state index in [2.05, 4.69) is 22.5 Å². The third-order valence-corrected chi connectivity index (χ3v) is 7.33. The molecule has 0 unspecified atom stereocenters. The van der Waals surface area contributed by atoms with Crippen LogP contribution in [0.5, 0.6) is 0 Å². The van der Waals surface area contributed by atoms with Crippen molar-refractivity contribution in [1.82, 2.24) is 20.5 Å². The molecular weight excluding hydrogens is 380 g/mol. The van der Waals surface area contributed by atoms with E-state index in [9.17, 15) is 14.4 Å². The third-order valence-electron chi connectivity index (χ3n) is 7.33. The second-order valence-electron chi connectivity index (χ2n) is 9.18. The van der Waals surface area contributed by atoms with Crippen LogP contribution in [0.4, 0.5) is 4.79 Å². The van der Waals surface area contributed by atoms with Crippen molar-refractivity contribution in [3.8, 4) is 0 Å². The summed E-state index contributed by atoms with van der Waals surface area (Å²) in [4.78, 5) is 42.0. The first-order chi connectivity index (χ1) is 14.5. The summed E-state index contributed by atoms with van der Waals surface area (Å²) in [7, 11) is 0. The van der Waals surface area contributed by atoms with Crippen LogP contribution in [0.3, 0.4) is 0 Å². The SMILES string of the molecule is C[C@H](NC(=O)CN1C(=O)N[C@@H](Cc2c[nH]c3ccccc23)C1=O)[C@H]1C[C@H]2CC[C@H]1C2. The van der Waals surface area contributed by atoms with E-state index in [0.29, 0.717) is 18.3 Å². The minimum Gasteiger partial charge on any atom is -0.361 e. The van der Waals surface area contributed by atoms with Gasteiger partial charge < -0.3 is 15.6 Å². The first kappa shape index (κ1) is 19.2. The van der Waals surface area contributed by atoms with Crippen LogP contribution >= 0.6 is 0 Å². The predicted octanol–water partition coefficient (Wildman–Crippen LogP) is 2.57. The number of H-pyrrole nitrogens is 1. The number of hydrogen-bond donors (Lipinski definition) is 3. The fraction of sp³-hybridized carbons (Fsp3) is 0.522. The number of nitrogens with one attached hydrogen (secondary N) is 3. The third kappa shape index (κ3) is 3.36. The quantitative estimate of drug-likeness (QED) is 0.641. The van der Waals surface area contributed by atoms with Crippen molar-refractivity contribution in [3.05, 3.63) is 36.0 Å².